The molecule has 0 aliphatic rings. The van der Waals surface area contributed by atoms with Crippen molar-refractivity contribution in [3.05, 3.63) is 47.5 Å². The molecule has 0 atom stereocenters. The minimum absolute atomic E-state index is 0.746. The minimum Gasteiger partial charge on any atom is -0.473 e. The molecule has 0 heterocycles. The van der Waals surface area contributed by atoms with Gasteiger partial charge in [-0.05, 0) is 30.3 Å². The van der Waals surface area contributed by atoms with Crippen molar-refractivity contribution in [2.45, 2.75) is 13.7 Å². The molecule has 2 nitrogen and oxygen atoms in total. The lowest BCUT2D eigenvalue weighted by atomic mass is 9.73. The summed E-state index contributed by atoms with van der Waals surface area (Å²) in [5.41, 5.74) is 8.55. The van der Waals surface area contributed by atoms with Gasteiger partial charge in [0.2, 0.25) is 0 Å². The molecule has 82 valence electrons. The van der Waals surface area contributed by atoms with Crippen LogP contribution in [0.1, 0.15) is 6.92 Å². The van der Waals surface area contributed by atoms with Gasteiger partial charge >= 0.3 is 0 Å². The predicted octanol–water partition coefficient (Wildman–Crippen LogP) is 1.51. The van der Waals surface area contributed by atoms with Gasteiger partial charge < -0.3 is 10.5 Å². The Morgan fingerprint density at radius 1 is 1.31 bits per heavy atom. The monoisotopic (exact) mass is 213 g/mol. The molecule has 0 unspecified atom stereocenters. The summed E-state index contributed by atoms with van der Waals surface area (Å²) in [5.74, 6) is 0.811. The van der Waals surface area contributed by atoms with Crippen molar-refractivity contribution in [1.82, 2.24) is 0 Å². The third-order valence-electron chi connectivity index (χ3n) is 2.32. The summed E-state index contributed by atoms with van der Waals surface area (Å²) < 4.78 is 5.63. The number of benzene rings is 1. The van der Waals surface area contributed by atoms with Crippen molar-refractivity contribution in [3.63, 3.8) is 0 Å². The maximum atomic E-state index is 5.63. The molecule has 1 aromatic rings. The highest BCUT2D eigenvalue weighted by Gasteiger charge is 1.94. The van der Waals surface area contributed by atoms with Gasteiger partial charge in [0.15, 0.2) is 7.85 Å². The van der Waals surface area contributed by atoms with Crippen LogP contribution in [0, 0.1) is 0 Å². The summed E-state index contributed by atoms with van der Waals surface area (Å²) in [5, 5.41) is 0. The van der Waals surface area contributed by atoms with Gasteiger partial charge in [-0.1, -0.05) is 19.8 Å². The largest absolute Gasteiger partial charge is 0.473 e. The van der Waals surface area contributed by atoms with Crippen molar-refractivity contribution in [1.29, 1.82) is 0 Å². The third-order valence-corrected chi connectivity index (χ3v) is 2.32. The van der Waals surface area contributed by atoms with Crippen molar-refractivity contribution in [2.24, 2.45) is 0 Å². The molecule has 0 aliphatic carbocycles. The Morgan fingerprint density at radius 3 is 2.50 bits per heavy atom. The maximum absolute atomic E-state index is 5.63. The number of hydrogen-bond donors (Lipinski definition) is 1. The van der Waals surface area contributed by atoms with Crippen LogP contribution in [0.2, 0.25) is 6.82 Å². The lowest BCUT2D eigenvalue weighted by Gasteiger charge is -2.05. The standard InChI is InChI=1S/C12H17B2NO/c1-9(14-2)3-8-12(13)16-11-6-4-10(15)5-7-11/h3-8,14H,13,15H2,1-2H3/b9-3+,12-8+. The Kier molecular flexibility index (Phi) is 4.77. The van der Waals surface area contributed by atoms with Gasteiger partial charge in [-0.15, -0.1) is 5.47 Å². The molecule has 0 aliphatic heterocycles. The van der Waals surface area contributed by atoms with Crippen LogP contribution in [-0.4, -0.2) is 15.1 Å². The fourth-order valence-electron chi connectivity index (χ4n) is 1.13. The second kappa shape index (κ2) is 6.11. The average molecular weight is 213 g/mol. The molecular formula is C12H17B2NO. The summed E-state index contributed by atoms with van der Waals surface area (Å²) in [7, 11) is 3.00. The molecule has 1 aromatic carbocycles. The van der Waals surface area contributed by atoms with Crippen LogP contribution in [0.4, 0.5) is 5.69 Å². The second-order valence-electron chi connectivity index (χ2n) is 3.81. The highest BCUT2D eigenvalue weighted by Crippen LogP contribution is 2.15. The zero-order valence-corrected chi connectivity index (χ0v) is 10.2. The summed E-state index contributed by atoms with van der Waals surface area (Å²) >= 11 is 0. The smallest absolute Gasteiger partial charge is 0.186 e. The van der Waals surface area contributed by atoms with Crippen molar-refractivity contribution < 1.29 is 4.74 Å². The first-order chi connectivity index (χ1) is 7.61. The van der Waals surface area contributed by atoms with E-state index in [1.54, 1.807) is 0 Å². The first kappa shape index (κ1) is 12.5. The second-order valence-corrected chi connectivity index (χ2v) is 3.81. The average Bonchev–Trinajstić information content (AvgIpc) is 2.29. The number of hydrogen-bond acceptors (Lipinski definition) is 2. The fraction of sp³-hybridized carbons (Fsp3) is 0.167. The Balaban J connectivity index is 2.64. The summed E-state index contributed by atoms with van der Waals surface area (Å²) in [4.78, 5) is 0. The van der Waals surface area contributed by atoms with E-state index in [1.807, 2.05) is 38.2 Å². The van der Waals surface area contributed by atoms with E-state index in [9.17, 15) is 0 Å². The highest BCUT2D eigenvalue weighted by atomic mass is 16.5. The molecule has 0 bridgehead atoms. The predicted molar refractivity (Wildman–Crippen MR) is 74.9 cm³/mol. The first-order valence-corrected chi connectivity index (χ1v) is 5.49. The van der Waals surface area contributed by atoms with E-state index >= 15 is 0 Å². The van der Waals surface area contributed by atoms with E-state index in [0.717, 1.165) is 24.4 Å². The highest BCUT2D eigenvalue weighted by molar-refractivity contribution is 6.43. The molecule has 16 heavy (non-hydrogen) atoms. The molecule has 0 saturated heterocycles. The molecule has 1 rings (SSSR count). The van der Waals surface area contributed by atoms with Crippen LogP contribution in [0.15, 0.2) is 47.5 Å². The van der Waals surface area contributed by atoms with Gasteiger partial charge in [-0.25, -0.2) is 0 Å². The summed E-state index contributed by atoms with van der Waals surface area (Å²) in [6, 6.07) is 7.39. The first-order valence-electron chi connectivity index (χ1n) is 5.49. The molecule has 0 aromatic heterocycles. The molecule has 2 N–H and O–H groups in total. The van der Waals surface area contributed by atoms with Gasteiger partial charge in [0.05, 0.1) is 5.66 Å². The van der Waals surface area contributed by atoms with Crippen LogP contribution in [0.25, 0.3) is 0 Å². The van der Waals surface area contributed by atoms with Gasteiger partial charge in [-0.2, -0.15) is 0 Å². The van der Waals surface area contributed by atoms with E-state index in [0.29, 0.717) is 0 Å². The van der Waals surface area contributed by atoms with Crippen LogP contribution >= 0.6 is 0 Å². The van der Waals surface area contributed by atoms with E-state index in [4.69, 9.17) is 10.5 Å². The lowest BCUT2D eigenvalue weighted by molar-refractivity contribution is 0.462. The maximum Gasteiger partial charge on any atom is 0.186 e. The number of rotatable bonds is 4. The molecule has 0 saturated carbocycles. The number of nitrogens with two attached hydrogens (primary N) is 1. The summed E-state index contributed by atoms with van der Waals surface area (Å²) in [6.45, 7) is 4.24. The van der Waals surface area contributed by atoms with Crippen LogP contribution in [0.3, 0.4) is 0 Å². The number of ether oxygens (including phenoxy) is 1. The zero-order chi connectivity index (χ0) is 12.0. The Bertz CT molecular complexity index is 396. The van der Waals surface area contributed by atoms with Crippen LogP contribution < -0.4 is 10.5 Å². The SMILES string of the molecule is B/C(=C\C=C(/C)BC)Oc1ccc(N)cc1. The minimum atomic E-state index is 0.746. The zero-order valence-electron chi connectivity index (χ0n) is 10.2. The lowest BCUT2D eigenvalue weighted by Crippen LogP contribution is -1.95. The third kappa shape index (κ3) is 4.30. The molecular weight excluding hydrogens is 196 g/mol. The topological polar surface area (TPSA) is 35.2 Å². The Hall–Kier alpha value is -1.57. The normalized spacial score (nSPS) is 12.4. The molecule has 0 amide bonds. The van der Waals surface area contributed by atoms with Crippen molar-refractivity contribution in [3.8, 4) is 5.75 Å². The van der Waals surface area contributed by atoms with Gasteiger partial charge in [0, 0.05) is 5.69 Å². The van der Waals surface area contributed by atoms with Crippen molar-refractivity contribution >= 4 is 20.8 Å². The molecule has 0 spiro atoms. The summed E-state index contributed by atoms with van der Waals surface area (Å²) in [6.07, 6.45) is 4.06. The molecule has 4 heteroatoms. The Labute approximate surface area is 98.8 Å². The fourth-order valence-corrected chi connectivity index (χ4v) is 1.13. The van der Waals surface area contributed by atoms with Gasteiger partial charge in [0.25, 0.3) is 0 Å². The number of allylic oxidation sites excluding steroid dienone is 3. The number of nitrogen functional groups attached to an aromatic ring is 1. The molecule has 0 fully saturated rings. The van der Waals surface area contributed by atoms with E-state index in [2.05, 4.69) is 19.8 Å². The van der Waals surface area contributed by atoms with E-state index in [1.165, 1.54) is 5.47 Å². The molecule has 0 radical (unpaired) electrons. The van der Waals surface area contributed by atoms with Gasteiger partial charge in [-0.3, -0.25) is 0 Å². The van der Waals surface area contributed by atoms with Crippen LogP contribution in [0.5, 0.6) is 5.75 Å². The van der Waals surface area contributed by atoms with Gasteiger partial charge in [0.1, 0.15) is 13.0 Å². The quantitative estimate of drug-likeness (QED) is 0.356. The van der Waals surface area contributed by atoms with E-state index < -0.39 is 0 Å². The van der Waals surface area contributed by atoms with E-state index in [-0.39, 0.29) is 0 Å². The number of anilines is 1. The van der Waals surface area contributed by atoms with Crippen LogP contribution in [-0.2, 0) is 0 Å². The van der Waals surface area contributed by atoms with Crippen molar-refractivity contribution in [2.75, 3.05) is 5.73 Å². The Morgan fingerprint density at radius 2 is 1.94 bits per heavy atom.